The molecule has 1 unspecified atom stereocenters. The molecule has 1 saturated carbocycles. The molecule has 2 heteroatoms. The van der Waals surface area contributed by atoms with Gasteiger partial charge in [-0.25, -0.2) is 0 Å². The molecule has 0 aromatic rings. The van der Waals surface area contributed by atoms with Gasteiger partial charge < -0.3 is 5.73 Å². The lowest BCUT2D eigenvalue weighted by atomic mass is 9.77. The zero-order chi connectivity index (χ0) is 11.3. The minimum Gasteiger partial charge on any atom is -0.324 e. The Labute approximate surface area is 95.2 Å². The van der Waals surface area contributed by atoms with Gasteiger partial charge in [-0.05, 0) is 45.6 Å². The Balaban J connectivity index is 2.40. The van der Waals surface area contributed by atoms with Crippen molar-refractivity contribution in [1.82, 2.24) is 4.90 Å². The molecular formula is C13H28N2. The smallest absolute Gasteiger partial charge is 0.0283 e. The normalized spacial score (nSPS) is 21.4. The standard InChI is InChI=1S/C13H28N2/c1-4-6-10-15(12(3)5-2)11-13(14)8-7-9-13/h12H,4-11,14H2,1-3H3. The minimum atomic E-state index is 0.150. The van der Waals surface area contributed by atoms with E-state index in [1.54, 1.807) is 0 Å². The van der Waals surface area contributed by atoms with E-state index in [1.807, 2.05) is 0 Å². The van der Waals surface area contributed by atoms with Crippen molar-refractivity contribution in [1.29, 1.82) is 0 Å². The maximum absolute atomic E-state index is 6.33. The second-order valence-electron chi connectivity index (χ2n) is 5.30. The Morgan fingerprint density at radius 3 is 2.40 bits per heavy atom. The predicted octanol–water partition coefficient (Wildman–Crippen LogP) is 2.77. The van der Waals surface area contributed by atoms with E-state index in [2.05, 4.69) is 25.7 Å². The second kappa shape index (κ2) is 5.86. The first-order valence-corrected chi connectivity index (χ1v) is 6.64. The van der Waals surface area contributed by atoms with Crippen LogP contribution in [0.4, 0.5) is 0 Å². The molecule has 1 rings (SSSR count). The van der Waals surface area contributed by atoms with Gasteiger partial charge in [0.15, 0.2) is 0 Å². The molecule has 1 atom stereocenters. The van der Waals surface area contributed by atoms with E-state index in [1.165, 1.54) is 45.1 Å². The minimum absolute atomic E-state index is 0.150. The lowest BCUT2D eigenvalue weighted by Gasteiger charge is -2.43. The summed E-state index contributed by atoms with van der Waals surface area (Å²) >= 11 is 0. The highest BCUT2D eigenvalue weighted by Crippen LogP contribution is 2.30. The van der Waals surface area contributed by atoms with Crippen LogP contribution in [0.2, 0.25) is 0 Å². The van der Waals surface area contributed by atoms with Gasteiger partial charge in [0.05, 0.1) is 0 Å². The van der Waals surface area contributed by atoms with E-state index < -0.39 is 0 Å². The molecule has 0 aliphatic heterocycles. The lowest BCUT2D eigenvalue weighted by molar-refractivity contribution is 0.111. The van der Waals surface area contributed by atoms with E-state index in [9.17, 15) is 0 Å². The van der Waals surface area contributed by atoms with Gasteiger partial charge in [-0.2, -0.15) is 0 Å². The van der Waals surface area contributed by atoms with Crippen molar-refractivity contribution < 1.29 is 0 Å². The summed E-state index contributed by atoms with van der Waals surface area (Å²) in [6.45, 7) is 9.20. The fourth-order valence-electron chi connectivity index (χ4n) is 2.27. The number of hydrogen-bond donors (Lipinski definition) is 1. The molecule has 1 aliphatic carbocycles. The Kier molecular flexibility index (Phi) is 5.07. The molecule has 0 spiro atoms. The van der Waals surface area contributed by atoms with Crippen LogP contribution in [0, 0.1) is 0 Å². The van der Waals surface area contributed by atoms with Crippen LogP contribution in [0.1, 0.15) is 59.3 Å². The number of hydrogen-bond acceptors (Lipinski definition) is 2. The quantitative estimate of drug-likeness (QED) is 0.703. The third-order valence-electron chi connectivity index (χ3n) is 3.88. The molecule has 0 heterocycles. The molecular weight excluding hydrogens is 184 g/mol. The topological polar surface area (TPSA) is 29.3 Å². The maximum Gasteiger partial charge on any atom is 0.0283 e. The van der Waals surface area contributed by atoms with Crippen LogP contribution < -0.4 is 5.73 Å². The molecule has 2 nitrogen and oxygen atoms in total. The van der Waals surface area contributed by atoms with Gasteiger partial charge in [-0.3, -0.25) is 4.90 Å². The second-order valence-corrected chi connectivity index (χ2v) is 5.30. The van der Waals surface area contributed by atoms with Crippen LogP contribution in [0.5, 0.6) is 0 Å². The van der Waals surface area contributed by atoms with Crippen molar-refractivity contribution >= 4 is 0 Å². The predicted molar refractivity (Wildman–Crippen MR) is 67.0 cm³/mol. The Morgan fingerprint density at radius 2 is 2.00 bits per heavy atom. The van der Waals surface area contributed by atoms with E-state index in [0.29, 0.717) is 6.04 Å². The van der Waals surface area contributed by atoms with E-state index in [0.717, 1.165) is 6.54 Å². The zero-order valence-electron chi connectivity index (χ0n) is 10.8. The zero-order valence-corrected chi connectivity index (χ0v) is 10.8. The van der Waals surface area contributed by atoms with E-state index in [-0.39, 0.29) is 5.54 Å². The third kappa shape index (κ3) is 3.76. The number of nitrogens with zero attached hydrogens (tertiary/aromatic N) is 1. The van der Waals surface area contributed by atoms with Gasteiger partial charge in [0, 0.05) is 18.1 Å². The molecule has 2 N–H and O–H groups in total. The average Bonchev–Trinajstić information content (AvgIpc) is 2.20. The van der Waals surface area contributed by atoms with Gasteiger partial charge in [-0.15, -0.1) is 0 Å². The van der Waals surface area contributed by atoms with Crippen molar-refractivity contribution in [3.63, 3.8) is 0 Å². The van der Waals surface area contributed by atoms with Gasteiger partial charge in [0.25, 0.3) is 0 Å². The van der Waals surface area contributed by atoms with Gasteiger partial charge in [0.1, 0.15) is 0 Å². The Bertz CT molecular complexity index is 175. The monoisotopic (exact) mass is 212 g/mol. The summed E-state index contributed by atoms with van der Waals surface area (Å²) in [4.78, 5) is 2.60. The summed E-state index contributed by atoms with van der Waals surface area (Å²) in [5.41, 5.74) is 6.48. The highest BCUT2D eigenvalue weighted by Gasteiger charge is 2.34. The van der Waals surface area contributed by atoms with Crippen LogP contribution in [-0.2, 0) is 0 Å². The maximum atomic E-state index is 6.33. The molecule has 0 bridgehead atoms. The summed E-state index contributed by atoms with van der Waals surface area (Å²) in [6.07, 6.45) is 7.61. The summed E-state index contributed by atoms with van der Waals surface area (Å²) in [5, 5.41) is 0. The number of unbranched alkanes of at least 4 members (excludes halogenated alkanes) is 1. The van der Waals surface area contributed by atoms with Gasteiger partial charge in [0.2, 0.25) is 0 Å². The Morgan fingerprint density at radius 1 is 1.33 bits per heavy atom. The van der Waals surface area contributed by atoms with E-state index in [4.69, 9.17) is 5.73 Å². The summed E-state index contributed by atoms with van der Waals surface area (Å²) in [5.74, 6) is 0. The fourth-order valence-corrected chi connectivity index (χ4v) is 2.27. The molecule has 1 fully saturated rings. The van der Waals surface area contributed by atoms with Crippen LogP contribution in [0.25, 0.3) is 0 Å². The molecule has 90 valence electrons. The first-order valence-electron chi connectivity index (χ1n) is 6.64. The molecule has 1 aliphatic rings. The molecule has 15 heavy (non-hydrogen) atoms. The van der Waals surface area contributed by atoms with Gasteiger partial charge in [-0.1, -0.05) is 20.3 Å². The van der Waals surface area contributed by atoms with E-state index >= 15 is 0 Å². The average molecular weight is 212 g/mol. The molecule has 0 amide bonds. The van der Waals surface area contributed by atoms with Crippen molar-refractivity contribution in [2.75, 3.05) is 13.1 Å². The van der Waals surface area contributed by atoms with Crippen molar-refractivity contribution in [3.8, 4) is 0 Å². The Hall–Kier alpha value is -0.0800. The van der Waals surface area contributed by atoms with Crippen LogP contribution in [0.3, 0.4) is 0 Å². The third-order valence-corrected chi connectivity index (χ3v) is 3.88. The molecule has 0 radical (unpaired) electrons. The highest BCUT2D eigenvalue weighted by atomic mass is 15.2. The number of nitrogens with two attached hydrogens (primary N) is 1. The van der Waals surface area contributed by atoms with Crippen LogP contribution in [0.15, 0.2) is 0 Å². The molecule has 0 aromatic carbocycles. The fraction of sp³-hybridized carbons (Fsp3) is 1.00. The summed E-state index contributed by atoms with van der Waals surface area (Å²) < 4.78 is 0. The summed E-state index contributed by atoms with van der Waals surface area (Å²) in [6, 6.07) is 0.692. The lowest BCUT2D eigenvalue weighted by Crippen LogP contribution is -2.56. The number of rotatable bonds is 7. The van der Waals surface area contributed by atoms with Crippen LogP contribution in [-0.4, -0.2) is 29.6 Å². The molecule has 0 aromatic heterocycles. The first kappa shape index (κ1) is 13.0. The summed E-state index contributed by atoms with van der Waals surface area (Å²) in [7, 11) is 0. The van der Waals surface area contributed by atoms with Gasteiger partial charge >= 0.3 is 0 Å². The first-order chi connectivity index (χ1) is 7.11. The van der Waals surface area contributed by atoms with Crippen molar-refractivity contribution in [3.05, 3.63) is 0 Å². The van der Waals surface area contributed by atoms with Crippen molar-refractivity contribution in [2.45, 2.75) is 70.9 Å². The highest BCUT2D eigenvalue weighted by molar-refractivity contribution is 4.95. The molecule has 0 saturated heterocycles. The largest absolute Gasteiger partial charge is 0.324 e. The van der Waals surface area contributed by atoms with Crippen LogP contribution >= 0.6 is 0 Å². The van der Waals surface area contributed by atoms with Crippen molar-refractivity contribution in [2.24, 2.45) is 5.73 Å². The SMILES string of the molecule is CCCCN(CC1(N)CCC1)C(C)CC.